The van der Waals surface area contributed by atoms with Gasteiger partial charge in [0, 0.05) is 5.56 Å². The molecule has 2 aromatic carbocycles. The zero-order chi connectivity index (χ0) is 21.7. The Kier molecular flexibility index (Phi) is 7.15. The van der Waals surface area contributed by atoms with E-state index >= 15 is 0 Å². The van der Waals surface area contributed by atoms with Gasteiger partial charge in [0.15, 0.2) is 0 Å². The summed E-state index contributed by atoms with van der Waals surface area (Å²) >= 11 is 0.820. The Balaban J connectivity index is 1.91. The van der Waals surface area contributed by atoms with E-state index < -0.39 is 17.1 Å². The van der Waals surface area contributed by atoms with E-state index in [9.17, 15) is 14.4 Å². The van der Waals surface area contributed by atoms with Crippen LogP contribution in [0.4, 0.5) is 4.79 Å². The molecule has 158 valence electrons. The van der Waals surface area contributed by atoms with Crippen molar-refractivity contribution in [2.24, 2.45) is 0 Å². The maximum Gasteiger partial charge on any atom is 0.326 e. The minimum absolute atomic E-state index is 0.258. The van der Waals surface area contributed by atoms with Crippen LogP contribution in [-0.4, -0.2) is 41.3 Å². The van der Waals surface area contributed by atoms with Crippen LogP contribution in [0.3, 0.4) is 0 Å². The maximum absolute atomic E-state index is 12.8. The summed E-state index contributed by atoms with van der Waals surface area (Å²) in [6, 6.07) is 11.6. The normalized spacial score (nSPS) is 16.4. The van der Waals surface area contributed by atoms with Crippen LogP contribution in [0.1, 0.15) is 39.2 Å². The topological polar surface area (TPSA) is 72.9 Å². The van der Waals surface area contributed by atoms with Crippen molar-refractivity contribution in [2.75, 3.05) is 13.2 Å². The fourth-order valence-electron chi connectivity index (χ4n) is 3.00. The first-order valence-electron chi connectivity index (χ1n) is 10.0. The molecule has 6 nitrogen and oxygen atoms in total. The monoisotopic (exact) mass is 427 g/mol. The number of hydrogen-bond donors (Lipinski definition) is 0. The standard InChI is InChI=1S/C23H25NO5S/c1-4-12-28-19-11-10-16-8-6-7-9-17(16)18(19)13-20-22(26)24(23(27)30-20)14-21(25)29-15(3)5-2/h6-11,13,15H,4-5,12,14H2,1-3H3/b20-13-/t15-/m0/s1. The van der Waals surface area contributed by atoms with E-state index in [1.54, 1.807) is 13.0 Å². The van der Waals surface area contributed by atoms with Crippen molar-refractivity contribution in [2.45, 2.75) is 39.7 Å². The predicted molar refractivity (Wildman–Crippen MR) is 118 cm³/mol. The summed E-state index contributed by atoms with van der Waals surface area (Å²) in [7, 11) is 0. The number of rotatable bonds is 8. The third-order valence-corrected chi connectivity index (χ3v) is 5.64. The highest BCUT2D eigenvalue weighted by atomic mass is 32.2. The highest BCUT2D eigenvalue weighted by Gasteiger charge is 2.37. The first-order chi connectivity index (χ1) is 14.4. The number of nitrogens with zero attached hydrogens (tertiary/aromatic N) is 1. The molecule has 1 fully saturated rings. The third-order valence-electron chi connectivity index (χ3n) is 4.74. The quantitative estimate of drug-likeness (QED) is 0.436. The number of esters is 1. The lowest BCUT2D eigenvalue weighted by Crippen LogP contribution is -2.35. The number of ether oxygens (including phenoxy) is 2. The lowest BCUT2D eigenvalue weighted by Gasteiger charge is -2.15. The van der Waals surface area contributed by atoms with Gasteiger partial charge in [-0.3, -0.25) is 19.3 Å². The van der Waals surface area contributed by atoms with Crippen LogP contribution in [0.15, 0.2) is 41.3 Å². The number of fused-ring (bicyclic) bond motifs is 1. The number of carbonyl (C=O) groups excluding carboxylic acids is 3. The van der Waals surface area contributed by atoms with Crippen LogP contribution in [0.2, 0.25) is 0 Å². The summed E-state index contributed by atoms with van der Waals surface area (Å²) in [4.78, 5) is 38.5. The van der Waals surface area contributed by atoms with Crippen LogP contribution in [0, 0.1) is 0 Å². The van der Waals surface area contributed by atoms with Crippen molar-refractivity contribution < 1.29 is 23.9 Å². The Labute approximate surface area is 180 Å². The summed E-state index contributed by atoms with van der Waals surface area (Å²) in [5.74, 6) is -0.441. The molecule has 1 saturated heterocycles. The van der Waals surface area contributed by atoms with E-state index in [0.29, 0.717) is 18.8 Å². The lowest BCUT2D eigenvalue weighted by atomic mass is 10.0. The number of hydrogen-bond acceptors (Lipinski definition) is 6. The molecule has 0 aliphatic carbocycles. The second kappa shape index (κ2) is 9.80. The van der Waals surface area contributed by atoms with E-state index in [1.807, 2.05) is 50.2 Å². The average Bonchev–Trinajstić information content (AvgIpc) is 3.00. The van der Waals surface area contributed by atoms with Gasteiger partial charge in [0.2, 0.25) is 0 Å². The molecule has 30 heavy (non-hydrogen) atoms. The molecule has 0 aromatic heterocycles. The Hall–Kier alpha value is -2.80. The van der Waals surface area contributed by atoms with Crippen LogP contribution in [-0.2, 0) is 14.3 Å². The molecule has 7 heteroatoms. The highest BCUT2D eigenvalue weighted by Crippen LogP contribution is 2.36. The highest BCUT2D eigenvalue weighted by molar-refractivity contribution is 8.18. The van der Waals surface area contributed by atoms with Crippen LogP contribution >= 0.6 is 11.8 Å². The molecule has 0 saturated carbocycles. The van der Waals surface area contributed by atoms with Crippen molar-refractivity contribution in [1.29, 1.82) is 0 Å². The van der Waals surface area contributed by atoms with Crippen molar-refractivity contribution in [3.8, 4) is 5.75 Å². The second-order valence-electron chi connectivity index (χ2n) is 7.02. The van der Waals surface area contributed by atoms with Gasteiger partial charge in [-0.1, -0.05) is 44.2 Å². The molecule has 1 atom stereocenters. The summed E-state index contributed by atoms with van der Waals surface area (Å²) in [5, 5.41) is 1.45. The van der Waals surface area contributed by atoms with E-state index in [2.05, 4.69) is 0 Å². The molecule has 1 heterocycles. The third kappa shape index (κ3) is 4.84. The largest absolute Gasteiger partial charge is 0.493 e. The van der Waals surface area contributed by atoms with Crippen molar-refractivity contribution in [3.05, 3.63) is 46.9 Å². The summed E-state index contributed by atoms with van der Waals surface area (Å²) in [6.45, 7) is 5.83. The number of amides is 2. The molecule has 0 radical (unpaired) electrons. The number of thioether (sulfide) groups is 1. The van der Waals surface area contributed by atoms with Crippen LogP contribution < -0.4 is 4.74 Å². The molecule has 0 bridgehead atoms. The predicted octanol–water partition coefficient (Wildman–Crippen LogP) is 5.01. The molecule has 2 amide bonds. The second-order valence-corrected chi connectivity index (χ2v) is 8.02. The molecule has 0 unspecified atom stereocenters. The molecule has 0 N–H and O–H groups in total. The fourth-order valence-corrected chi connectivity index (χ4v) is 3.82. The molecule has 2 aromatic rings. The van der Waals surface area contributed by atoms with Gasteiger partial charge < -0.3 is 9.47 Å². The van der Waals surface area contributed by atoms with Gasteiger partial charge in [0.25, 0.3) is 11.1 Å². The van der Waals surface area contributed by atoms with E-state index in [4.69, 9.17) is 9.47 Å². The van der Waals surface area contributed by atoms with Gasteiger partial charge in [0.05, 0.1) is 17.6 Å². The first kappa shape index (κ1) is 21.9. The lowest BCUT2D eigenvalue weighted by molar-refractivity contribution is -0.150. The Morgan fingerprint density at radius 2 is 1.93 bits per heavy atom. The number of carbonyl (C=O) groups is 3. The van der Waals surface area contributed by atoms with Gasteiger partial charge in [-0.25, -0.2) is 0 Å². The van der Waals surface area contributed by atoms with Gasteiger partial charge in [-0.05, 0) is 54.4 Å². The molecule has 0 spiro atoms. The number of benzene rings is 2. The zero-order valence-electron chi connectivity index (χ0n) is 17.3. The summed E-state index contributed by atoms with van der Waals surface area (Å²) in [5.41, 5.74) is 0.745. The molecular formula is C23H25NO5S. The SMILES string of the molecule is CCCOc1ccc2ccccc2c1/C=C1\SC(=O)N(CC(=O)O[C@@H](C)CC)C1=O. The van der Waals surface area contributed by atoms with E-state index in [1.165, 1.54) is 0 Å². The van der Waals surface area contributed by atoms with E-state index in [0.717, 1.165) is 39.4 Å². The molecule has 1 aliphatic rings. The molecular weight excluding hydrogens is 402 g/mol. The smallest absolute Gasteiger partial charge is 0.326 e. The van der Waals surface area contributed by atoms with Gasteiger partial charge in [-0.15, -0.1) is 0 Å². The van der Waals surface area contributed by atoms with Crippen LogP contribution in [0.25, 0.3) is 16.8 Å². The minimum atomic E-state index is -0.593. The average molecular weight is 428 g/mol. The summed E-state index contributed by atoms with van der Waals surface area (Å²) in [6.07, 6.45) is 2.93. The Morgan fingerprint density at radius 1 is 1.17 bits per heavy atom. The fraction of sp³-hybridized carbons (Fsp3) is 0.348. The molecule has 1 aliphatic heterocycles. The van der Waals surface area contributed by atoms with Crippen molar-refractivity contribution >= 4 is 45.7 Å². The Bertz CT molecular complexity index is 1000. The maximum atomic E-state index is 12.8. The summed E-state index contributed by atoms with van der Waals surface area (Å²) < 4.78 is 11.1. The van der Waals surface area contributed by atoms with E-state index in [-0.39, 0.29) is 17.6 Å². The van der Waals surface area contributed by atoms with Crippen LogP contribution in [0.5, 0.6) is 5.75 Å². The van der Waals surface area contributed by atoms with Gasteiger partial charge in [-0.2, -0.15) is 0 Å². The zero-order valence-corrected chi connectivity index (χ0v) is 18.2. The first-order valence-corrected chi connectivity index (χ1v) is 10.9. The van der Waals surface area contributed by atoms with Crippen molar-refractivity contribution in [3.63, 3.8) is 0 Å². The molecule has 3 rings (SSSR count). The van der Waals surface area contributed by atoms with Gasteiger partial charge >= 0.3 is 5.97 Å². The number of imide groups is 1. The minimum Gasteiger partial charge on any atom is -0.493 e. The van der Waals surface area contributed by atoms with Gasteiger partial charge in [0.1, 0.15) is 12.3 Å². The van der Waals surface area contributed by atoms with Crippen molar-refractivity contribution in [1.82, 2.24) is 4.90 Å². The Morgan fingerprint density at radius 3 is 2.67 bits per heavy atom.